The molecule has 4 heteroatoms. The van der Waals surface area contributed by atoms with Crippen LogP contribution in [0.4, 0.5) is 5.69 Å². The summed E-state index contributed by atoms with van der Waals surface area (Å²) < 4.78 is 5.54. The number of carbonyl (C=O) groups is 1. The third kappa shape index (κ3) is 2.48. The van der Waals surface area contributed by atoms with E-state index >= 15 is 0 Å². The van der Waals surface area contributed by atoms with Crippen LogP contribution in [0.2, 0.25) is 0 Å². The lowest BCUT2D eigenvalue weighted by molar-refractivity contribution is -0.122. The van der Waals surface area contributed by atoms with E-state index in [-0.39, 0.29) is 5.91 Å². The Morgan fingerprint density at radius 1 is 1.50 bits per heavy atom. The van der Waals surface area contributed by atoms with Crippen molar-refractivity contribution in [2.45, 2.75) is 32.3 Å². The Hall–Kier alpha value is -1.55. The van der Waals surface area contributed by atoms with Crippen molar-refractivity contribution >= 4 is 11.6 Å². The van der Waals surface area contributed by atoms with Crippen LogP contribution in [0.25, 0.3) is 0 Å². The van der Waals surface area contributed by atoms with Crippen LogP contribution >= 0.6 is 0 Å². The molecular weight excluding hydrogens is 228 g/mol. The van der Waals surface area contributed by atoms with Crippen LogP contribution in [0.15, 0.2) is 18.2 Å². The predicted molar refractivity (Wildman–Crippen MR) is 72.1 cm³/mol. The molecule has 0 aliphatic carbocycles. The minimum absolute atomic E-state index is 0.0821. The first-order valence-corrected chi connectivity index (χ1v) is 6.41. The average molecular weight is 248 g/mol. The van der Waals surface area contributed by atoms with E-state index in [1.807, 2.05) is 19.2 Å². The van der Waals surface area contributed by atoms with Crippen LogP contribution in [-0.2, 0) is 4.79 Å². The fraction of sp³-hybridized carbons (Fsp3) is 0.500. The van der Waals surface area contributed by atoms with Crippen LogP contribution in [0.5, 0.6) is 5.75 Å². The molecule has 0 spiro atoms. The second-order valence-electron chi connectivity index (χ2n) is 4.67. The topological polar surface area (TPSA) is 50.4 Å². The van der Waals surface area contributed by atoms with Gasteiger partial charge in [0.15, 0.2) is 6.10 Å². The first-order valence-electron chi connectivity index (χ1n) is 6.41. The molecule has 18 heavy (non-hydrogen) atoms. The minimum atomic E-state index is -0.414. The minimum Gasteiger partial charge on any atom is -0.479 e. The van der Waals surface area contributed by atoms with Gasteiger partial charge in [-0.3, -0.25) is 4.79 Å². The van der Waals surface area contributed by atoms with Gasteiger partial charge in [-0.1, -0.05) is 13.0 Å². The van der Waals surface area contributed by atoms with Gasteiger partial charge in [-0.2, -0.15) is 0 Å². The third-order valence-electron chi connectivity index (χ3n) is 3.35. The van der Waals surface area contributed by atoms with Gasteiger partial charge in [0.25, 0.3) is 5.91 Å². The SMILES string of the molecule is CCC(CNC)c1ccc2c(c1)NC(=O)C(C)O2. The molecule has 1 amide bonds. The van der Waals surface area contributed by atoms with Crippen molar-refractivity contribution in [3.05, 3.63) is 23.8 Å². The number of carbonyl (C=O) groups excluding carboxylic acids is 1. The summed E-state index contributed by atoms with van der Waals surface area (Å²) in [5.74, 6) is 1.13. The molecule has 1 aliphatic heterocycles. The molecule has 0 fully saturated rings. The number of likely N-dealkylation sites (N-methyl/N-ethyl adjacent to an activating group) is 1. The number of hydrogen-bond acceptors (Lipinski definition) is 3. The number of rotatable bonds is 4. The van der Waals surface area contributed by atoms with Crippen molar-refractivity contribution in [3.8, 4) is 5.75 Å². The maximum Gasteiger partial charge on any atom is 0.265 e. The standard InChI is InChI=1S/C14H20N2O2/c1-4-10(8-15-3)11-5-6-13-12(7-11)16-14(17)9(2)18-13/h5-7,9-10,15H,4,8H2,1-3H3,(H,16,17). The van der Waals surface area contributed by atoms with Crippen LogP contribution in [0.1, 0.15) is 31.7 Å². The number of fused-ring (bicyclic) bond motifs is 1. The zero-order valence-electron chi connectivity index (χ0n) is 11.1. The van der Waals surface area contributed by atoms with E-state index < -0.39 is 6.10 Å². The zero-order valence-corrected chi connectivity index (χ0v) is 11.1. The summed E-state index contributed by atoms with van der Waals surface area (Å²) in [6, 6.07) is 6.04. The molecule has 4 nitrogen and oxygen atoms in total. The Balaban J connectivity index is 2.26. The highest BCUT2D eigenvalue weighted by molar-refractivity contribution is 5.97. The van der Waals surface area contributed by atoms with Gasteiger partial charge in [0.2, 0.25) is 0 Å². The molecule has 0 saturated heterocycles. The van der Waals surface area contributed by atoms with Gasteiger partial charge in [0.05, 0.1) is 5.69 Å². The Labute approximate surface area is 108 Å². The molecule has 2 rings (SSSR count). The Morgan fingerprint density at radius 2 is 2.28 bits per heavy atom. The summed E-state index contributed by atoms with van der Waals surface area (Å²) >= 11 is 0. The van der Waals surface area contributed by atoms with E-state index in [2.05, 4.69) is 23.6 Å². The third-order valence-corrected chi connectivity index (χ3v) is 3.35. The normalized spacial score (nSPS) is 19.7. The fourth-order valence-electron chi connectivity index (χ4n) is 2.22. The van der Waals surface area contributed by atoms with Gasteiger partial charge in [-0.25, -0.2) is 0 Å². The van der Waals surface area contributed by atoms with Gasteiger partial charge in [0.1, 0.15) is 5.75 Å². The van der Waals surface area contributed by atoms with Gasteiger partial charge < -0.3 is 15.4 Å². The molecule has 1 aromatic carbocycles. The largest absolute Gasteiger partial charge is 0.479 e. The van der Waals surface area contributed by atoms with Crippen molar-refractivity contribution in [3.63, 3.8) is 0 Å². The summed E-state index contributed by atoms with van der Waals surface area (Å²) in [5.41, 5.74) is 2.01. The van der Waals surface area contributed by atoms with Crippen molar-refractivity contribution in [1.82, 2.24) is 5.32 Å². The molecule has 0 radical (unpaired) electrons. The van der Waals surface area contributed by atoms with E-state index in [9.17, 15) is 4.79 Å². The van der Waals surface area contributed by atoms with Crippen LogP contribution in [-0.4, -0.2) is 25.6 Å². The Morgan fingerprint density at radius 3 is 2.94 bits per heavy atom. The maximum atomic E-state index is 11.6. The smallest absolute Gasteiger partial charge is 0.265 e. The van der Waals surface area contributed by atoms with Crippen molar-refractivity contribution < 1.29 is 9.53 Å². The maximum absolute atomic E-state index is 11.6. The van der Waals surface area contributed by atoms with Crippen LogP contribution < -0.4 is 15.4 Å². The summed E-state index contributed by atoms with van der Waals surface area (Å²) in [7, 11) is 1.95. The lowest BCUT2D eigenvalue weighted by Crippen LogP contribution is -2.34. The Kier molecular flexibility index (Phi) is 3.87. The quantitative estimate of drug-likeness (QED) is 0.858. The molecule has 1 aliphatic rings. The molecule has 1 aromatic rings. The molecule has 98 valence electrons. The number of hydrogen-bond donors (Lipinski definition) is 2. The Bertz CT molecular complexity index is 445. The second kappa shape index (κ2) is 5.40. The highest BCUT2D eigenvalue weighted by Crippen LogP contribution is 2.33. The molecule has 2 N–H and O–H groups in total. The monoisotopic (exact) mass is 248 g/mol. The van der Waals surface area contributed by atoms with Crippen molar-refractivity contribution in [2.75, 3.05) is 18.9 Å². The van der Waals surface area contributed by atoms with E-state index in [1.54, 1.807) is 6.92 Å². The van der Waals surface area contributed by atoms with Crippen LogP contribution in [0, 0.1) is 0 Å². The molecule has 1 heterocycles. The van der Waals surface area contributed by atoms with Gasteiger partial charge in [-0.05, 0) is 44.0 Å². The average Bonchev–Trinajstić information content (AvgIpc) is 2.37. The summed E-state index contributed by atoms with van der Waals surface area (Å²) in [6.07, 6.45) is 0.646. The molecule has 0 saturated carbocycles. The van der Waals surface area contributed by atoms with Gasteiger partial charge >= 0.3 is 0 Å². The number of nitrogens with one attached hydrogen (secondary N) is 2. The fourth-order valence-corrected chi connectivity index (χ4v) is 2.22. The van der Waals surface area contributed by atoms with E-state index in [0.29, 0.717) is 5.92 Å². The van der Waals surface area contributed by atoms with E-state index in [0.717, 1.165) is 24.4 Å². The number of benzene rings is 1. The molecular formula is C14H20N2O2. The lowest BCUT2D eigenvalue weighted by atomic mass is 9.95. The highest BCUT2D eigenvalue weighted by Gasteiger charge is 2.24. The van der Waals surface area contributed by atoms with E-state index in [4.69, 9.17) is 4.74 Å². The van der Waals surface area contributed by atoms with Gasteiger partial charge in [-0.15, -0.1) is 0 Å². The van der Waals surface area contributed by atoms with Crippen LogP contribution in [0.3, 0.4) is 0 Å². The number of ether oxygens (including phenoxy) is 1. The number of anilines is 1. The van der Waals surface area contributed by atoms with Crippen molar-refractivity contribution in [1.29, 1.82) is 0 Å². The molecule has 0 bridgehead atoms. The number of amides is 1. The predicted octanol–water partition coefficient (Wildman–Crippen LogP) is 2.12. The first kappa shape index (κ1) is 12.9. The molecule has 2 unspecified atom stereocenters. The van der Waals surface area contributed by atoms with Crippen molar-refractivity contribution in [2.24, 2.45) is 0 Å². The molecule has 2 atom stereocenters. The first-order chi connectivity index (χ1) is 8.65. The zero-order chi connectivity index (χ0) is 13.1. The lowest BCUT2D eigenvalue weighted by Gasteiger charge is -2.25. The highest BCUT2D eigenvalue weighted by atomic mass is 16.5. The van der Waals surface area contributed by atoms with E-state index in [1.165, 1.54) is 5.56 Å². The summed E-state index contributed by atoms with van der Waals surface area (Å²) in [4.78, 5) is 11.6. The molecule has 0 aromatic heterocycles. The summed E-state index contributed by atoms with van der Waals surface area (Å²) in [6.45, 7) is 4.85. The van der Waals surface area contributed by atoms with Gasteiger partial charge in [0, 0.05) is 6.54 Å². The second-order valence-corrected chi connectivity index (χ2v) is 4.67. The summed E-state index contributed by atoms with van der Waals surface area (Å²) in [5, 5.41) is 6.08.